The van der Waals surface area contributed by atoms with E-state index in [4.69, 9.17) is 9.15 Å². The molecule has 0 radical (unpaired) electrons. The lowest BCUT2D eigenvalue weighted by Crippen LogP contribution is -2.43. The SMILES string of the molecule is COc1ccc(C(CNC(=O)N(C)C(C)c2cc3ccccc3o2)N2CCCC2)cc1. The Labute approximate surface area is 183 Å². The van der Waals surface area contributed by atoms with Gasteiger partial charge in [-0.2, -0.15) is 0 Å². The van der Waals surface area contributed by atoms with Crippen LogP contribution in [0.4, 0.5) is 4.79 Å². The molecule has 0 bridgehead atoms. The second-order valence-corrected chi connectivity index (χ2v) is 8.19. The Balaban J connectivity index is 1.43. The van der Waals surface area contributed by atoms with Crippen LogP contribution in [-0.4, -0.2) is 49.6 Å². The molecule has 31 heavy (non-hydrogen) atoms. The molecule has 1 aliphatic heterocycles. The van der Waals surface area contributed by atoms with E-state index in [0.717, 1.165) is 35.6 Å². The van der Waals surface area contributed by atoms with Crippen molar-refractivity contribution >= 4 is 17.0 Å². The number of nitrogens with zero attached hydrogens (tertiary/aromatic N) is 2. The minimum Gasteiger partial charge on any atom is -0.497 e. The zero-order chi connectivity index (χ0) is 21.8. The maximum absolute atomic E-state index is 13.0. The monoisotopic (exact) mass is 421 g/mol. The first-order valence-electron chi connectivity index (χ1n) is 10.9. The summed E-state index contributed by atoms with van der Waals surface area (Å²) < 4.78 is 11.3. The molecule has 0 saturated carbocycles. The molecule has 6 nitrogen and oxygen atoms in total. The minimum absolute atomic E-state index is 0.106. The van der Waals surface area contributed by atoms with E-state index in [0.29, 0.717) is 6.54 Å². The van der Waals surface area contributed by atoms with E-state index in [1.807, 2.05) is 56.4 Å². The number of carbonyl (C=O) groups is 1. The van der Waals surface area contributed by atoms with Gasteiger partial charge in [-0.1, -0.05) is 30.3 Å². The number of carbonyl (C=O) groups excluding carboxylic acids is 1. The van der Waals surface area contributed by atoms with Crippen LogP contribution in [0.3, 0.4) is 0 Å². The summed E-state index contributed by atoms with van der Waals surface area (Å²) in [5.74, 6) is 1.62. The largest absolute Gasteiger partial charge is 0.497 e. The van der Waals surface area contributed by atoms with Gasteiger partial charge in [-0.25, -0.2) is 4.79 Å². The van der Waals surface area contributed by atoms with Gasteiger partial charge in [-0.15, -0.1) is 0 Å². The topological polar surface area (TPSA) is 58.0 Å². The molecule has 1 saturated heterocycles. The molecule has 2 aromatic carbocycles. The van der Waals surface area contributed by atoms with Crippen LogP contribution in [0.15, 0.2) is 59.0 Å². The molecule has 1 aromatic heterocycles. The summed E-state index contributed by atoms with van der Waals surface area (Å²) in [5, 5.41) is 4.19. The van der Waals surface area contributed by atoms with Gasteiger partial charge < -0.3 is 19.4 Å². The number of hydrogen-bond acceptors (Lipinski definition) is 4. The van der Waals surface area contributed by atoms with Crippen molar-refractivity contribution in [3.8, 4) is 5.75 Å². The highest BCUT2D eigenvalue weighted by Crippen LogP contribution is 2.28. The maximum Gasteiger partial charge on any atom is 0.317 e. The van der Waals surface area contributed by atoms with Gasteiger partial charge in [0.15, 0.2) is 0 Å². The third-order valence-corrected chi connectivity index (χ3v) is 6.29. The molecule has 164 valence electrons. The predicted octanol–water partition coefficient (Wildman–Crippen LogP) is 4.98. The summed E-state index contributed by atoms with van der Waals surface area (Å²) in [6, 6.07) is 17.9. The Morgan fingerprint density at radius 3 is 2.55 bits per heavy atom. The van der Waals surface area contributed by atoms with Crippen LogP contribution in [0.25, 0.3) is 11.0 Å². The van der Waals surface area contributed by atoms with E-state index in [1.54, 1.807) is 12.0 Å². The number of benzene rings is 2. The van der Waals surface area contributed by atoms with Crippen LogP contribution in [-0.2, 0) is 0 Å². The highest BCUT2D eigenvalue weighted by Gasteiger charge is 2.26. The molecule has 2 heterocycles. The highest BCUT2D eigenvalue weighted by molar-refractivity contribution is 5.78. The van der Waals surface area contributed by atoms with Crippen LogP contribution in [0.5, 0.6) is 5.75 Å². The van der Waals surface area contributed by atoms with Gasteiger partial charge in [-0.05, 0) is 62.7 Å². The Morgan fingerprint density at radius 2 is 1.87 bits per heavy atom. The number of methoxy groups -OCH3 is 1. The molecular formula is C25H31N3O3. The number of likely N-dealkylation sites (tertiary alicyclic amines) is 1. The second kappa shape index (κ2) is 9.43. The quantitative estimate of drug-likeness (QED) is 0.584. The molecule has 4 rings (SSSR count). The van der Waals surface area contributed by atoms with Crippen molar-refractivity contribution in [1.82, 2.24) is 15.1 Å². The maximum atomic E-state index is 13.0. The van der Waals surface area contributed by atoms with Crippen molar-refractivity contribution in [2.24, 2.45) is 0 Å². The fourth-order valence-corrected chi connectivity index (χ4v) is 4.22. The van der Waals surface area contributed by atoms with Crippen LogP contribution in [0, 0.1) is 0 Å². The molecule has 1 fully saturated rings. The lowest BCUT2D eigenvalue weighted by molar-refractivity contribution is 0.179. The zero-order valence-corrected chi connectivity index (χ0v) is 18.5. The fraction of sp³-hybridized carbons (Fsp3) is 0.400. The van der Waals surface area contributed by atoms with Crippen molar-refractivity contribution < 1.29 is 13.9 Å². The minimum atomic E-state index is -0.168. The molecule has 0 spiro atoms. The smallest absolute Gasteiger partial charge is 0.317 e. The summed E-state index contributed by atoms with van der Waals surface area (Å²) in [5.41, 5.74) is 2.03. The molecule has 6 heteroatoms. The Kier molecular flexibility index (Phi) is 6.47. The lowest BCUT2D eigenvalue weighted by Gasteiger charge is -2.30. The standard InChI is InChI=1S/C25H31N3O3/c1-18(24-16-20-8-4-5-9-23(20)31-24)27(2)25(29)26-17-22(28-14-6-7-15-28)19-10-12-21(30-3)13-11-19/h4-5,8-13,16,18,22H,6-7,14-15,17H2,1-3H3,(H,26,29). The molecular weight excluding hydrogens is 390 g/mol. The average molecular weight is 422 g/mol. The van der Waals surface area contributed by atoms with Gasteiger partial charge in [-0.3, -0.25) is 4.90 Å². The van der Waals surface area contributed by atoms with E-state index in [1.165, 1.54) is 18.4 Å². The Morgan fingerprint density at radius 1 is 1.16 bits per heavy atom. The highest BCUT2D eigenvalue weighted by atomic mass is 16.5. The zero-order valence-electron chi connectivity index (χ0n) is 18.5. The van der Waals surface area contributed by atoms with Crippen molar-refractivity contribution in [3.63, 3.8) is 0 Å². The summed E-state index contributed by atoms with van der Waals surface area (Å²) in [4.78, 5) is 17.1. The number of fused-ring (bicyclic) bond motifs is 1. The van der Waals surface area contributed by atoms with Gasteiger partial charge in [0, 0.05) is 19.0 Å². The number of para-hydroxylation sites is 1. The summed E-state index contributed by atoms with van der Waals surface area (Å²) in [7, 11) is 3.48. The van der Waals surface area contributed by atoms with Crippen molar-refractivity contribution in [2.45, 2.75) is 31.8 Å². The summed E-state index contributed by atoms with van der Waals surface area (Å²) in [6.45, 7) is 4.65. The van der Waals surface area contributed by atoms with E-state index in [2.05, 4.69) is 22.3 Å². The number of nitrogens with one attached hydrogen (secondary N) is 1. The van der Waals surface area contributed by atoms with Gasteiger partial charge in [0.05, 0.1) is 19.2 Å². The first kappa shape index (κ1) is 21.2. The van der Waals surface area contributed by atoms with E-state index in [-0.39, 0.29) is 18.1 Å². The molecule has 2 unspecified atom stereocenters. The normalized spacial score (nSPS) is 16.2. The molecule has 1 aliphatic rings. The average Bonchev–Trinajstić information content (AvgIpc) is 3.48. The van der Waals surface area contributed by atoms with E-state index >= 15 is 0 Å². The fourth-order valence-electron chi connectivity index (χ4n) is 4.22. The van der Waals surface area contributed by atoms with Crippen LogP contribution in [0.2, 0.25) is 0 Å². The van der Waals surface area contributed by atoms with E-state index < -0.39 is 0 Å². The van der Waals surface area contributed by atoms with Crippen LogP contribution in [0.1, 0.15) is 43.2 Å². The first-order chi connectivity index (χ1) is 15.1. The third kappa shape index (κ3) is 4.69. The van der Waals surface area contributed by atoms with Gasteiger partial charge in [0.25, 0.3) is 0 Å². The number of amides is 2. The molecule has 1 N–H and O–H groups in total. The number of rotatable bonds is 7. The third-order valence-electron chi connectivity index (χ3n) is 6.29. The molecule has 2 atom stereocenters. The van der Waals surface area contributed by atoms with Crippen LogP contribution >= 0.6 is 0 Å². The second-order valence-electron chi connectivity index (χ2n) is 8.19. The molecule has 3 aromatic rings. The van der Waals surface area contributed by atoms with E-state index in [9.17, 15) is 4.79 Å². The Bertz CT molecular complexity index is 975. The summed E-state index contributed by atoms with van der Waals surface area (Å²) in [6.07, 6.45) is 2.40. The lowest BCUT2D eigenvalue weighted by atomic mass is 10.1. The molecule has 2 amide bonds. The molecule has 0 aliphatic carbocycles. The Hall–Kier alpha value is -2.99. The number of ether oxygens (including phenoxy) is 1. The van der Waals surface area contributed by atoms with Crippen molar-refractivity contribution in [1.29, 1.82) is 0 Å². The first-order valence-corrected chi connectivity index (χ1v) is 10.9. The number of furan rings is 1. The van der Waals surface area contributed by atoms with Crippen molar-refractivity contribution in [3.05, 3.63) is 65.9 Å². The van der Waals surface area contributed by atoms with Gasteiger partial charge in [0.2, 0.25) is 0 Å². The van der Waals surface area contributed by atoms with Crippen LogP contribution < -0.4 is 10.1 Å². The summed E-state index contributed by atoms with van der Waals surface area (Å²) >= 11 is 0. The van der Waals surface area contributed by atoms with Gasteiger partial charge in [0.1, 0.15) is 17.1 Å². The number of hydrogen-bond donors (Lipinski definition) is 1. The predicted molar refractivity (Wildman–Crippen MR) is 122 cm³/mol. The van der Waals surface area contributed by atoms with Crippen molar-refractivity contribution in [2.75, 3.05) is 33.8 Å². The number of urea groups is 1. The van der Waals surface area contributed by atoms with Gasteiger partial charge >= 0.3 is 6.03 Å².